The van der Waals surface area contributed by atoms with Gasteiger partial charge in [0.1, 0.15) is 0 Å². The van der Waals surface area contributed by atoms with Crippen molar-refractivity contribution in [2.24, 2.45) is 0 Å². The van der Waals surface area contributed by atoms with E-state index < -0.39 is 0 Å². The summed E-state index contributed by atoms with van der Waals surface area (Å²) in [6, 6.07) is 7.45. The first-order valence-electron chi connectivity index (χ1n) is 7.21. The van der Waals surface area contributed by atoms with Gasteiger partial charge in [-0.2, -0.15) is 0 Å². The van der Waals surface area contributed by atoms with Gasteiger partial charge in [-0.25, -0.2) is 4.79 Å². The van der Waals surface area contributed by atoms with E-state index in [9.17, 15) is 4.79 Å². The van der Waals surface area contributed by atoms with Crippen LogP contribution in [-0.2, 0) is 16.1 Å². The van der Waals surface area contributed by atoms with Crippen LogP contribution < -0.4 is 10.6 Å². The summed E-state index contributed by atoms with van der Waals surface area (Å²) < 4.78 is 10.4. The normalized spacial score (nSPS) is 15.7. The second-order valence-corrected chi connectivity index (χ2v) is 4.97. The van der Waals surface area contributed by atoms with Crippen LogP contribution >= 0.6 is 0 Å². The quantitative estimate of drug-likeness (QED) is 0.829. The molecule has 1 aromatic carbocycles. The minimum absolute atomic E-state index is 0.183. The van der Waals surface area contributed by atoms with Crippen molar-refractivity contribution in [1.82, 2.24) is 10.2 Å². The zero-order valence-corrected chi connectivity index (χ0v) is 12.4. The Morgan fingerprint density at radius 2 is 2.19 bits per heavy atom. The summed E-state index contributed by atoms with van der Waals surface area (Å²) in [6.07, 6.45) is 0. The molecule has 1 aliphatic rings. The number of ether oxygens (including phenoxy) is 2. The van der Waals surface area contributed by atoms with Crippen molar-refractivity contribution in [2.75, 3.05) is 51.8 Å². The van der Waals surface area contributed by atoms with Crippen molar-refractivity contribution in [1.29, 1.82) is 0 Å². The van der Waals surface area contributed by atoms with Gasteiger partial charge in [-0.15, -0.1) is 0 Å². The minimum atomic E-state index is -0.183. The number of urea groups is 1. The molecule has 1 aliphatic heterocycles. The van der Waals surface area contributed by atoms with Gasteiger partial charge in [-0.05, 0) is 17.7 Å². The molecule has 1 heterocycles. The van der Waals surface area contributed by atoms with Crippen LogP contribution in [0.2, 0.25) is 0 Å². The van der Waals surface area contributed by atoms with Gasteiger partial charge in [0.2, 0.25) is 0 Å². The molecule has 0 radical (unpaired) electrons. The smallest absolute Gasteiger partial charge is 0.319 e. The number of nitrogens with one attached hydrogen (secondary N) is 2. The first-order valence-corrected chi connectivity index (χ1v) is 7.21. The van der Waals surface area contributed by atoms with Crippen molar-refractivity contribution in [3.05, 3.63) is 29.8 Å². The molecule has 1 saturated heterocycles. The summed E-state index contributed by atoms with van der Waals surface area (Å²) >= 11 is 0. The molecule has 6 nitrogen and oxygen atoms in total. The Hall–Kier alpha value is -1.63. The van der Waals surface area contributed by atoms with Crippen LogP contribution in [0.5, 0.6) is 0 Å². The molecule has 0 saturated carbocycles. The van der Waals surface area contributed by atoms with Gasteiger partial charge in [0.05, 0.1) is 19.8 Å². The molecule has 0 unspecified atom stereocenters. The number of carbonyl (C=O) groups excluding carboxylic acids is 1. The summed E-state index contributed by atoms with van der Waals surface area (Å²) in [5.74, 6) is 0. The predicted octanol–water partition coefficient (Wildman–Crippen LogP) is 1.29. The molecule has 2 rings (SSSR count). The van der Waals surface area contributed by atoms with E-state index in [0.717, 1.165) is 44.1 Å². The molecule has 2 amide bonds. The predicted molar refractivity (Wildman–Crippen MR) is 81.4 cm³/mol. The third-order valence-corrected chi connectivity index (χ3v) is 3.31. The van der Waals surface area contributed by atoms with E-state index in [1.165, 1.54) is 0 Å². The minimum Gasteiger partial charge on any atom is -0.380 e. The van der Waals surface area contributed by atoms with Crippen molar-refractivity contribution < 1.29 is 14.3 Å². The highest BCUT2D eigenvalue weighted by Crippen LogP contribution is 2.11. The van der Waals surface area contributed by atoms with Gasteiger partial charge < -0.3 is 20.1 Å². The first-order chi connectivity index (χ1) is 10.3. The van der Waals surface area contributed by atoms with Crippen LogP contribution in [0.3, 0.4) is 0 Å². The summed E-state index contributed by atoms with van der Waals surface area (Å²) in [7, 11) is 1.65. The summed E-state index contributed by atoms with van der Waals surface area (Å²) in [5, 5.41) is 5.70. The fourth-order valence-electron chi connectivity index (χ4n) is 2.23. The molecule has 116 valence electrons. The molecule has 2 N–H and O–H groups in total. The number of methoxy groups -OCH3 is 1. The lowest BCUT2D eigenvalue weighted by molar-refractivity contribution is 0.0388. The van der Waals surface area contributed by atoms with E-state index in [0.29, 0.717) is 13.2 Å². The number of morpholine rings is 1. The van der Waals surface area contributed by atoms with Crippen LogP contribution in [0.4, 0.5) is 10.5 Å². The lowest BCUT2D eigenvalue weighted by Crippen LogP contribution is -2.42. The molecule has 21 heavy (non-hydrogen) atoms. The molecule has 6 heteroatoms. The van der Waals surface area contributed by atoms with E-state index in [2.05, 4.69) is 15.5 Å². The van der Waals surface area contributed by atoms with Gasteiger partial charge in [-0.1, -0.05) is 12.1 Å². The SMILES string of the molecule is COCc1cccc(NC(=O)NCCN2CCOCC2)c1. The molecule has 0 spiro atoms. The Bertz CT molecular complexity index is 448. The average Bonchev–Trinajstić information content (AvgIpc) is 2.49. The molecule has 0 atom stereocenters. The maximum atomic E-state index is 11.8. The highest BCUT2D eigenvalue weighted by atomic mass is 16.5. The lowest BCUT2D eigenvalue weighted by atomic mass is 10.2. The Labute approximate surface area is 125 Å². The number of rotatable bonds is 6. The lowest BCUT2D eigenvalue weighted by Gasteiger charge is -2.26. The summed E-state index contributed by atoms with van der Waals surface area (Å²) in [4.78, 5) is 14.1. The average molecular weight is 293 g/mol. The Balaban J connectivity index is 1.70. The third kappa shape index (κ3) is 5.71. The number of hydrogen-bond donors (Lipinski definition) is 2. The number of anilines is 1. The van der Waals surface area contributed by atoms with E-state index in [1.54, 1.807) is 7.11 Å². The largest absolute Gasteiger partial charge is 0.380 e. The molecule has 0 bridgehead atoms. The van der Waals surface area contributed by atoms with Gasteiger partial charge in [0.15, 0.2) is 0 Å². The van der Waals surface area contributed by atoms with Gasteiger partial charge >= 0.3 is 6.03 Å². The van der Waals surface area contributed by atoms with Crippen molar-refractivity contribution in [3.8, 4) is 0 Å². The molecule has 0 aliphatic carbocycles. The van der Waals surface area contributed by atoms with Gasteiger partial charge in [-0.3, -0.25) is 4.90 Å². The van der Waals surface area contributed by atoms with Crippen LogP contribution in [0, 0.1) is 0 Å². The highest BCUT2D eigenvalue weighted by Gasteiger charge is 2.10. The van der Waals surface area contributed by atoms with E-state index in [4.69, 9.17) is 9.47 Å². The Morgan fingerprint density at radius 1 is 1.38 bits per heavy atom. The van der Waals surface area contributed by atoms with Crippen molar-refractivity contribution in [2.45, 2.75) is 6.61 Å². The summed E-state index contributed by atoms with van der Waals surface area (Å²) in [5.41, 5.74) is 1.80. The van der Waals surface area contributed by atoms with Gasteiger partial charge in [0, 0.05) is 39.0 Å². The number of carbonyl (C=O) groups is 1. The fourth-order valence-corrected chi connectivity index (χ4v) is 2.23. The summed E-state index contributed by atoms with van der Waals surface area (Å²) in [6.45, 7) is 5.43. The number of nitrogens with zero attached hydrogens (tertiary/aromatic N) is 1. The highest BCUT2D eigenvalue weighted by molar-refractivity contribution is 5.89. The Kier molecular flexibility index (Phi) is 6.46. The second kappa shape index (κ2) is 8.61. The topological polar surface area (TPSA) is 62.8 Å². The maximum absolute atomic E-state index is 11.8. The number of amides is 2. The molecule has 0 aromatic heterocycles. The molecule has 1 fully saturated rings. The number of hydrogen-bond acceptors (Lipinski definition) is 4. The third-order valence-electron chi connectivity index (χ3n) is 3.31. The van der Waals surface area contributed by atoms with Gasteiger partial charge in [0.25, 0.3) is 0 Å². The van der Waals surface area contributed by atoms with Crippen molar-refractivity contribution in [3.63, 3.8) is 0 Å². The van der Waals surface area contributed by atoms with E-state index >= 15 is 0 Å². The second-order valence-electron chi connectivity index (χ2n) is 4.97. The molecule has 1 aromatic rings. The first kappa shape index (κ1) is 15.8. The van der Waals surface area contributed by atoms with E-state index in [-0.39, 0.29) is 6.03 Å². The monoisotopic (exact) mass is 293 g/mol. The molecular weight excluding hydrogens is 270 g/mol. The number of benzene rings is 1. The molecular formula is C15H23N3O3. The fraction of sp³-hybridized carbons (Fsp3) is 0.533. The van der Waals surface area contributed by atoms with Crippen LogP contribution in [0.1, 0.15) is 5.56 Å². The van der Waals surface area contributed by atoms with Crippen LogP contribution in [-0.4, -0.2) is 57.4 Å². The maximum Gasteiger partial charge on any atom is 0.319 e. The Morgan fingerprint density at radius 3 is 2.95 bits per heavy atom. The van der Waals surface area contributed by atoms with Crippen LogP contribution in [0.15, 0.2) is 24.3 Å². The van der Waals surface area contributed by atoms with Crippen LogP contribution in [0.25, 0.3) is 0 Å². The van der Waals surface area contributed by atoms with E-state index in [1.807, 2.05) is 24.3 Å². The zero-order valence-electron chi connectivity index (χ0n) is 12.4. The standard InChI is InChI=1S/C15H23N3O3/c1-20-12-13-3-2-4-14(11-13)17-15(19)16-5-6-18-7-9-21-10-8-18/h2-4,11H,5-10,12H2,1H3,(H2,16,17,19). The van der Waals surface area contributed by atoms with Crippen molar-refractivity contribution >= 4 is 11.7 Å². The zero-order chi connectivity index (χ0) is 14.9.